The Morgan fingerprint density at radius 1 is 0.529 bits per heavy atom. The molecule has 51 heavy (non-hydrogen) atoms. The minimum atomic E-state index is 0.471. The van der Waals surface area contributed by atoms with Crippen LogP contribution in [0.2, 0.25) is 0 Å². The van der Waals surface area contributed by atoms with Crippen molar-refractivity contribution in [2.75, 3.05) is 0 Å². The summed E-state index contributed by atoms with van der Waals surface area (Å²) in [4.78, 5) is 15.3. The monoisotopic (exact) mass is 653 g/mol. The summed E-state index contributed by atoms with van der Waals surface area (Å²) >= 11 is 0. The quantitative estimate of drug-likeness (QED) is 0.185. The van der Waals surface area contributed by atoms with Crippen molar-refractivity contribution in [1.29, 1.82) is 0 Å². The summed E-state index contributed by atoms with van der Waals surface area (Å²) < 4.78 is 6.66. The van der Waals surface area contributed by atoms with Crippen LogP contribution in [-0.4, -0.2) is 15.0 Å². The Labute approximate surface area is 295 Å². The van der Waals surface area contributed by atoms with Crippen LogP contribution in [0, 0.1) is 5.92 Å². The standard InChI is InChI=1S/C47H31N3O/c1-3-13-32(14-4-1)40-29-41-43-39(20-11-21-42(43)51-44(41)38-19-10-9-18-37(38)40)47-49-45(33-15-5-2-6-16-33)48-46(50-47)34-25-22-31(23-26-34)36-27-24-30-12-7-8-17-35(30)28-36/h1-23,25-30H,24H2. The van der Waals surface area contributed by atoms with E-state index in [1.165, 1.54) is 16.7 Å². The first-order chi connectivity index (χ1) is 25.3. The third kappa shape index (κ3) is 5.12. The number of fused-ring (bicyclic) bond motifs is 6. The molecule has 2 aliphatic rings. The highest BCUT2D eigenvalue weighted by atomic mass is 16.3. The van der Waals surface area contributed by atoms with Crippen molar-refractivity contribution >= 4 is 38.3 Å². The topological polar surface area (TPSA) is 51.8 Å². The van der Waals surface area contributed by atoms with E-state index >= 15 is 0 Å². The van der Waals surface area contributed by atoms with Gasteiger partial charge in [-0.2, -0.15) is 0 Å². The third-order valence-electron chi connectivity index (χ3n) is 10.1. The van der Waals surface area contributed by atoms with E-state index in [-0.39, 0.29) is 0 Å². The molecule has 0 fully saturated rings. The summed E-state index contributed by atoms with van der Waals surface area (Å²) in [5.74, 6) is 2.33. The Bertz CT molecular complexity index is 2750. The van der Waals surface area contributed by atoms with Crippen LogP contribution >= 0.6 is 0 Å². The van der Waals surface area contributed by atoms with Crippen molar-refractivity contribution in [1.82, 2.24) is 15.0 Å². The van der Waals surface area contributed by atoms with Gasteiger partial charge >= 0.3 is 0 Å². The van der Waals surface area contributed by atoms with Gasteiger partial charge in [0.1, 0.15) is 11.2 Å². The van der Waals surface area contributed by atoms with E-state index < -0.39 is 0 Å². The number of hydrogen-bond acceptors (Lipinski definition) is 4. The Morgan fingerprint density at radius 3 is 1.98 bits per heavy atom. The van der Waals surface area contributed by atoms with Gasteiger partial charge in [0.25, 0.3) is 0 Å². The summed E-state index contributed by atoms with van der Waals surface area (Å²) in [5.41, 5.74) is 10.5. The summed E-state index contributed by atoms with van der Waals surface area (Å²) in [6, 6.07) is 46.2. The van der Waals surface area contributed by atoms with Crippen LogP contribution < -0.4 is 0 Å². The lowest BCUT2D eigenvalue weighted by atomic mass is 9.84. The molecule has 4 heteroatoms. The van der Waals surface area contributed by atoms with Crippen LogP contribution in [0.5, 0.6) is 0 Å². The predicted octanol–water partition coefficient (Wildman–Crippen LogP) is 12.0. The lowest BCUT2D eigenvalue weighted by molar-refractivity contribution is 0.673. The molecular formula is C47H31N3O. The Hall–Kier alpha value is -6.65. The fourth-order valence-corrected chi connectivity index (χ4v) is 7.51. The first-order valence-corrected chi connectivity index (χ1v) is 17.4. The minimum absolute atomic E-state index is 0.471. The summed E-state index contributed by atoms with van der Waals surface area (Å²) in [6.45, 7) is 0. The molecule has 0 radical (unpaired) electrons. The second-order valence-corrected chi connectivity index (χ2v) is 13.1. The zero-order chi connectivity index (χ0) is 33.7. The lowest BCUT2D eigenvalue weighted by Gasteiger charge is -2.21. The molecule has 240 valence electrons. The molecular weight excluding hydrogens is 623 g/mol. The van der Waals surface area contributed by atoms with Gasteiger partial charge in [0.15, 0.2) is 17.5 Å². The van der Waals surface area contributed by atoms with Gasteiger partial charge < -0.3 is 4.42 Å². The average Bonchev–Trinajstić information content (AvgIpc) is 3.60. The number of benzene rings is 6. The van der Waals surface area contributed by atoms with E-state index in [0.29, 0.717) is 23.4 Å². The van der Waals surface area contributed by atoms with E-state index in [1.54, 1.807) is 0 Å². The number of allylic oxidation sites excluding steroid dienone is 8. The molecule has 6 aromatic carbocycles. The molecule has 0 amide bonds. The highest BCUT2D eigenvalue weighted by Gasteiger charge is 2.21. The number of rotatable bonds is 5. The fourth-order valence-electron chi connectivity index (χ4n) is 7.51. The normalized spacial score (nSPS) is 15.3. The van der Waals surface area contributed by atoms with Crippen LogP contribution in [0.15, 0.2) is 180 Å². The summed E-state index contributed by atoms with van der Waals surface area (Å²) in [5, 5.41) is 4.25. The molecule has 0 aliphatic heterocycles. The molecule has 0 saturated carbocycles. The van der Waals surface area contributed by atoms with Gasteiger partial charge in [0.2, 0.25) is 0 Å². The number of aromatic nitrogens is 3. The Balaban J connectivity index is 1.15. The van der Waals surface area contributed by atoms with E-state index in [4.69, 9.17) is 19.4 Å². The van der Waals surface area contributed by atoms with Gasteiger partial charge in [-0.1, -0.05) is 158 Å². The summed E-state index contributed by atoms with van der Waals surface area (Å²) in [7, 11) is 0. The second kappa shape index (κ2) is 12.0. The first kappa shape index (κ1) is 29.3. The van der Waals surface area contributed by atoms with Crippen LogP contribution in [0.4, 0.5) is 0 Å². The molecule has 1 atom stereocenters. The van der Waals surface area contributed by atoms with Gasteiger partial charge in [-0.05, 0) is 51.8 Å². The van der Waals surface area contributed by atoms with Gasteiger partial charge in [0, 0.05) is 38.8 Å². The highest BCUT2D eigenvalue weighted by Crippen LogP contribution is 2.43. The second-order valence-electron chi connectivity index (χ2n) is 13.1. The van der Waals surface area contributed by atoms with Crippen LogP contribution in [0.1, 0.15) is 12.0 Å². The van der Waals surface area contributed by atoms with Crippen LogP contribution in [0.3, 0.4) is 0 Å². The average molecular weight is 654 g/mol. The van der Waals surface area contributed by atoms with Crippen LogP contribution in [0.25, 0.3) is 83.6 Å². The molecule has 0 saturated heterocycles. The van der Waals surface area contributed by atoms with Crippen molar-refractivity contribution in [2.24, 2.45) is 5.92 Å². The van der Waals surface area contributed by atoms with Crippen LogP contribution in [-0.2, 0) is 0 Å². The van der Waals surface area contributed by atoms with Crippen molar-refractivity contribution in [2.45, 2.75) is 6.42 Å². The lowest BCUT2D eigenvalue weighted by Crippen LogP contribution is -2.05. The summed E-state index contributed by atoms with van der Waals surface area (Å²) in [6.07, 6.45) is 14.4. The first-order valence-electron chi connectivity index (χ1n) is 17.4. The Morgan fingerprint density at radius 2 is 1.20 bits per heavy atom. The zero-order valence-electron chi connectivity index (χ0n) is 27.7. The fraction of sp³-hybridized carbons (Fsp3) is 0.0426. The number of nitrogens with zero attached hydrogens (tertiary/aromatic N) is 3. The molecule has 10 rings (SSSR count). The van der Waals surface area contributed by atoms with Crippen molar-refractivity contribution < 1.29 is 4.42 Å². The molecule has 0 bridgehead atoms. The molecule has 2 aromatic heterocycles. The maximum Gasteiger partial charge on any atom is 0.164 e. The van der Waals surface area contributed by atoms with Crippen molar-refractivity contribution in [3.63, 3.8) is 0 Å². The smallest absolute Gasteiger partial charge is 0.164 e. The van der Waals surface area contributed by atoms with Gasteiger partial charge in [-0.15, -0.1) is 0 Å². The predicted molar refractivity (Wildman–Crippen MR) is 209 cm³/mol. The molecule has 2 heterocycles. The minimum Gasteiger partial charge on any atom is -0.455 e. The Kier molecular flexibility index (Phi) is 6.91. The van der Waals surface area contributed by atoms with Crippen molar-refractivity contribution in [3.8, 4) is 45.3 Å². The SMILES string of the molecule is C1=CC2=CC(c3ccc(-c4nc(-c5ccccc5)nc(-c5cccc6oc7c8ccccc8c(-c8ccccc8)cc7c56)n4)cc3)=CCC2C=C1. The largest absolute Gasteiger partial charge is 0.455 e. The van der Waals surface area contributed by atoms with Gasteiger partial charge in [0.05, 0.1) is 0 Å². The van der Waals surface area contributed by atoms with Gasteiger partial charge in [-0.3, -0.25) is 0 Å². The zero-order valence-corrected chi connectivity index (χ0v) is 27.7. The third-order valence-corrected chi connectivity index (χ3v) is 10.1. The molecule has 8 aromatic rings. The number of furan rings is 1. The number of hydrogen-bond donors (Lipinski definition) is 0. The van der Waals surface area contributed by atoms with E-state index in [9.17, 15) is 0 Å². The van der Waals surface area contributed by atoms with E-state index in [0.717, 1.165) is 66.9 Å². The molecule has 2 aliphatic carbocycles. The highest BCUT2D eigenvalue weighted by molar-refractivity contribution is 6.21. The van der Waals surface area contributed by atoms with E-state index in [2.05, 4.69) is 127 Å². The maximum atomic E-state index is 6.66. The molecule has 1 unspecified atom stereocenters. The molecule has 0 N–H and O–H groups in total. The maximum absolute atomic E-state index is 6.66. The van der Waals surface area contributed by atoms with Crippen molar-refractivity contribution in [3.05, 3.63) is 181 Å². The van der Waals surface area contributed by atoms with Gasteiger partial charge in [-0.25, -0.2) is 15.0 Å². The van der Waals surface area contributed by atoms with E-state index in [1.807, 2.05) is 42.5 Å². The molecule has 4 nitrogen and oxygen atoms in total. The molecule has 0 spiro atoms.